The Hall–Kier alpha value is -1.39. The summed E-state index contributed by atoms with van der Waals surface area (Å²) in [6, 6.07) is -0.640. The summed E-state index contributed by atoms with van der Waals surface area (Å²) in [6.45, 7) is 4.27. The fourth-order valence-electron chi connectivity index (χ4n) is 5.97. The summed E-state index contributed by atoms with van der Waals surface area (Å²) >= 11 is 0. The SMILES string of the molecule is CCCCCCCCCCCCCCCCC/C=C/CC/C=C/CC/C=C/C(O)C(CO)NC(=O)CCCCCCCCCCC. The molecule has 2 atom stereocenters. The molecular formula is C42H79NO3. The minimum absolute atomic E-state index is 0.0822. The molecule has 0 aromatic rings. The first kappa shape index (κ1) is 44.6. The third-order valence-corrected chi connectivity index (χ3v) is 9.10. The van der Waals surface area contributed by atoms with Gasteiger partial charge in [-0.25, -0.2) is 0 Å². The van der Waals surface area contributed by atoms with Crippen LogP contribution in [0.2, 0.25) is 0 Å². The molecule has 0 saturated carbocycles. The average molecular weight is 646 g/mol. The van der Waals surface area contributed by atoms with Crippen LogP contribution in [0.5, 0.6) is 0 Å². The number of rotatable bonds is 36. The van der Waals surface area contributed by atoms with Gasteiger partial charge in [-0.3, -0.25) is 4.79 Å². The minimum Gasteiger partial charge on any atom is -0.394 e. The molecule has 1 amide bonds. The van der Waals surface area contributed by atoms with Crippen LogP contribution in [0.25, 0.3) is 0 Å². The van der Waals surface area contributed by atoms with E-state index in [1.807, 2.05) is 6.08 Å². The quantitative estimate of drug-likeness (QED) is 0.0469. The topological polar surface area (TPSA) is 69.6 Å². The molecule has 270 valence electrons. The standard InChI is InChI=1S/C42H79NO3/c1-3-5-7-9-11-13-14-15-16-17-18-19-20-21-22-23-24-25-26-27-28-30-31-33-35-37-41(45)40(39-44)43-42(46)38-36-34-32-29-12-10-8-6-4-2/h24-25,28,30,35,37,40-41,44-45H,3-23,26-27,29,31-34,36,38-39H2,1-2H3,(H,43,46)/b25-24+,30-28+,37-35+. The molecule has 0 aromatic heterocycles. The predicted molar refractivity (Wildman–Crippen MR) is 202 cm³/mol. The van der Waals surface area contributed by atoms with E-state index in [-0.39, 0.29) is 12.5 Å². The van der Waals surface area contributed by atoms with Crippen LogP contribution in [0.4, 0.5) is 0 Å². The second-order valence-electron chi connectivity index (χ2n) is 13.7. The minimum atomic E-state index is -0.865. The van der Waals surface area contributed by atoms with E-state index >= 15 is 0 Å². The molecule has 4 nitrogen and oxygen atoms in total. The summed E-state index contributed by atoms with van der Waals surface area (Å²) in [5, 5.41) is 22.8. The van der Waals surface area contributed by atoms with Gasteiger partial charge in [-0.2, -0.15) is 0 Å². The second-order valence-corrected chi connectivity index (χ2v) is 13.7. The molecule has 0 aliphatic heterocycles. The van der Waals surface area contributed by atoms with E-state index < -0.39 is 12.1 Å². The number of aliphatic hydroxyl groups is 2. The zero-order chi connectivity index (χ0) is 33.6. The van der Waals surface area contributed by atoms with E-state index in [0.717, 1.165) is 38.5 Å². The second kappa shape index (κ2) is 38.1. The van der Waals surface area contributed by atoms with Crippen molar-refractivity contribution in [3.63, 3.8) is 0 Å². The Labute approximate surface area is 287 Å². The van der Waals surface area contributed by atoms with Gasteiger partial charge in [0, 0.05) is 6.42 Å². The molecule has 0 aliphatic rings. The van der Waals surface area contributed by atoms with Gasteiger partial charge in [-0.15, -0.1) is 0 Å². The van der Waals surface area contributed by atoms with Crippen molar-refractivity contribution < 1.29 is 15.0 Å². The Bertz CT molecular complexity index is 701. The molecule has 46 heavy (non-hydrogen) atoms. The smallest absolute Gasteiger partial charge is 0.220 e. The fourth-order valence-corrected chi connectivity index (χ4v) is 5.97. The maximum atomic E-state index is 12.2. The summed E-state index contributed by atoms with van der Waals surface area (Å²) in [7, 11) is 0. The number of carbonyl (C=O) groups is 1. The number of amides is 1. The molecule has 0 fully saturated rings. The van der Waals surface area contributed by atoms with Gasteiger partial charge in [0.25, 0.3) is 0 Å². The number of hydrogen-bond acceptors (Lipinski definition) is 3. The first-order valence-corrected chi connectivity index (χ1v) is 20.2. The molecule has 0 saturated heterocycles. The highest BCUT2D eigenvalue weighted by atomic mass is 16.3. The van der Waals surface area contributed by atoms with Crippen LogP contribution in [-0.4, -0.2) is 34.9 Å². The summed E-state index contributed by atoms with van der Waals surface area (Å²) in [5.41, 5.74) is 0. The maximum absolute atomic E-state index is 12.2. The van der Waals surface area contributed by atoms with Gasteiger partial charge in [-0.1, -0.05) is 192 Å². The van der Waals surface area contributed by atoms with E-state index in [1.165, 1.54) is 148 Å². The van der Waals surface area contributed by atoms with Gasteiger partial charge >= 0.3 is 0 Å². The highest BCUT2D eigenvalue weighted by molar-refractivity contribution is 5.76. The van der Waals surface area contributed by atoms with Crippen LogP contribution in [0, 0.1) is 0 Å². The predicted octanol–water partition coefficient (Wildman–Crippen LogP) is 12.2. The molecule has 0 aliphatic carbocycles. The Morgan fingerprint density at radius 2 is 0.848 bits per heavy atom. The lowest BCUT2D eigenvalue weighted by Gasteiger charge is -2.19. The largest absolute Gasteiger partial charge is 0.394 e. The first-order chi connectivity index (χ1) is 22.7. The number of carbonyl (C=O) groups excluding carboxylic acids is 1. The molecule has 0 aromatic carbocycles. The van der Waals surface area contributed by atoms with E-state index in [0.29, 0.717) is 6.42 Å². The fraction of sp³-hybridized carbons (Fsp3) is 0.833. The van der Waals surface area contributed by atoms with E-state index in [4.69, 9.17) is 0 Å². The van der Waals surface area contributed by atoms with E-state index in [9.17, 15) is 15.0 Å². The van der Waals surface area contributed by atoms with Gasteiger partial charge in [0.1, 0.15) is 0 Å². The molecule has 2 unspecified atom stereocenters. The summed E-state index contributed by atoms with van der Waals surface area (Å²) in [4.78, 5) is 12.2. The summed E-state index contributed by atoms with van der Waals surface area (Å²) in [6.07, 6.45) is 49.7. The van der Waals surface area contributed by atoms with Crippen molar-refractivity contribution in [3.8, 4) is 0 Å². The van der Waals surface area contributed by atoms with Crippen LogP contribution in [0.3, 0.4) is 0 Å². The first-order valence-electron chi connectivity index (χ1n) is 20.2. The number of allylic oxidation sites excluding steroid dienone is 5. The summed E-state index contributed by atoms with van der Waals surface area (Å²) < 4.78 is 0. The van der Waals surface area contributed by atoms with Gasteiger partial charge < -0.3 is 15.5 Å². The molecule has 0 heterocycles. The van der Waals surface area contributed by atoms with Crippen molar-refractivity contribution in [3.05, 3.63) is 36.5 Å². The molecule has 4 heteroatoms. The van der Waals surface area contributed by atoms with Crippen molar-refractivity contribution in [2.75, 3.05) is 6.61 Å². The molecule has 0 radical (unpaired) electrons. The average Bonchev–Trinajstić information content (AvgIpc) is 3.06. The van der Waals surface area contributed by atoms with Crippen LogP contribution in [0.1, 0.15) is 206 Å². The van der Waals surface area contributed by atoms with Gasteiger partial charge in [0.15, 0.2) is 0 Å². The maximum Gasteiger partial charge on any atom is 0.220 e. The van der Waals surface area contributed by atoms with Crippen LogP contribution in [0.15, 0.2) is 36.5 Å². The van der Waals surface area contributed by atoms with Gasteiger partial charge in [0.05, 0.1) is 18.8 Å². The normalized spacial score (nSPS) is 13.4. The lowest BCUT2D eigenvalue weighted by atomic mass is 10.0. The van der Waals surface area contributed by atoms with Crippen LogP contribution in [-0.2, 0) is 4.79 Å². The number of aliphatic hydroxyl groups excluding tert-OH is 2. The van der Waals surface area contributed by atoms with Crippen LogP contribution >= 0.6 is 0 Å². The van der Waals surface area contributed by atoms with Gasteiger partial charge in [0.2, 0.25) is 5.91 Å². The Morgan fingerprint density at radius 3 is 1.26 bits per heavy atom. The Balaban J connectivity index is 3.60. The van der Waals surface area contributed by atoms with Crippen LogP contribution < -0.4 is 5.32 Å². The van der Waals surface area contributed by atoms with Crippen molar-refractivity contribution in [2.45, 2.75) is 219 Å². The Morgan fingerprint density at radius 1 is 0.500 bits per heavy atom. The zero-order valence-electron chi connectivity index (χ0n) is 30.8. The number of unbranched alkanes of at least 4 members (excludes halogenated alkanes) is 25. The van der Waals surface area contributed by atoms with Gasteiger partial charge in [-0.05, 0) is 44.9 Å². The lowest BCUT2D eigenvalue weighted by molar-refractivity contribution is -0.123. The third kappa shape index (κ3) is 34.0. The zero-order valence-corrected chi connectivity index (χ0v) is 30.8. The highest BCUT2D eigenvalue weighted by Crippen LogP contribution is 2.14. The third-order valence-electron chi connectivity index (χ3n) is 9.10. The number of hydrogen-bond donors (Lipinski definition) is 3. The Kier molecular flexibility index (Phi) is 36.9. The molecular weight excluding hydrogens is 566 g/mol. The van der Waals surface area contributed by atoms with Crippen molar-refractivity contribution in [1.29, 1.82) is 0 Å². The molecule has 0 spiro atoms. The summed E-state index contributed by atoms with van der Waals surface area (Å²) in [5.74, 6) is -0.0822. The van der Waals surface area contributed by atoms with E-state index in [1.54, 1.807) is 6.08 Å². The van der Waals surface area contributed by atoms with Crippen molar-refractivity contribution in [2.24, 2.45) is 0 Å². The van der Waals surface area contributed by atoms with E-state index in [2.05, 4.69) is 43.5 Å². The monoisotopic (exact) mass is 646 g/mol. The van der Waals surface area contributed by atoms with Crippen molar-refractivity contribution in [1.82, 2.24) is 5.32 Å². The lowest BCUT2D eigenvalue weighted by Crippen LogP contribution is -2.45. The number of nitrogens with one attached hydrogen (secondary N) is 1. The highest BCUT2D eigenvalue weighted by Gasteiger charge is 2.17. The molecule has 3 N–H and O–H groups in total. The van der Waals surface area contributed by atoms with Crippen molar-refractivity contribution >= 4 is 5.91 Å². The molecule has 0 bridgehead atoms. The molecule has 0 rings (SSSR count).